The first-order valence-corrected chi connectivity index (χ1v) is 6.57. The Morgan fingerprint density at radius 1 is 1.22 bits per heavy atom. The number of carbonyl (C=O) groups excluding carboxylic acids is 1. The fourth-order valence-corrected chi connectivity index (χ4v) is 2.49. The zero-order valence-corrected chi connectivity index (χ0v) is 11.1. The lowest BCUT2D eigenvalue weighted by Crippen LogP contribution is -2.12. The molecule has 0 radical (unpaired) electrons. The number of hydrogen-bond acceptors (Lipinski definition) is 3. The summed E-state index contributed by atoms with van der Waals surface area (Å²) in [6.45, 7) is 2.59. The van der Waals surface area contributed by atoms with Crippen molar-refractivity contribution in [3.63, 3.8) is 0 Å². The van der Waals surface area contributed by atoms with Crippen molar-refractivity contribution in [2.24, 2.45) is 0 Å². The molecule has 0 spiro atoms. The lowest BCUT2D eigenvalue weighted by atomic mass is 9.83. The van der Waals surface area contributed by atoms with E-state index in [0.717, 1.165) is 24.3 Å². The van der Waals surface area contributed by atoms with Crippen molar-refractivity contribution in [2.75, 3.05) is 13.7 Å². The van der Waals surface area contributed by atoms with Crippen LogP contribution in [0.15, 0.2) is 18.2 Å². The minimum atomic E-state index is 0.393. The number of methoxy groups -OCH3 is 1. The van der Waals surface area contributed by atoms with E-state index in [1.165, 1.54) is 5.56 Å². The Morgan fingerprint density at radius 2 is 1.94 bits per heavy atom. The average Bonchev–Trinajstić information content (AvgIpc) is 2.40. The Bertz CT molecular complexity index is 416. The molecule has 98 valence electrons. The fourth-order valence-electron chi connectivity index (χ4n) is 2.49. The Morgan fingerprint density at radius 3 is 2.56 bits per heavy atom. The van der Waals surface area contributed by atoms with Gasteiger partial charge < -0.3 is 9.47 Å². The molecule has 0 unspecified atom stereocenters. The van der Waals surface area contributed by atoms with Crippen molar-refractivity contribution in [1.29, 1.82) is 0 Å². The van der Waals surface area contributed by atoms with E-state index in [2.05, 4.69) is 6.07 Å². The minimum Gasteiger partial charge on any atom is -0.493 e. The van der Waals surface area contributed by atoms with Gasteiger partial charge in [0.1, 0.15) is 5.78 Å². The van der Waals surface area contributed by atoms with Gasteiger partial charge in [0, 0.05) is 12.8 Å². The quantitative estimate of drug-likeness (QED) is 0.820. The van der Waals surface area contributed by atoms with E-state index >= 15 is 0 Å². The van der Waals surface area contributed by atoms with Crippen LogP contribution in [0.25, 0.3) is 0 Å². The van der Waals surface area contributed by atoms with Crippen LogP contribution in [0.5, 0.6) is 11.5 Å². The maximum atomic E-state index is 11.3. The van der Waals surface area contributed by atoms with Crippen molar-refractivity contribution in [3.8, 4) is 11.5 Å². The molecule has 1 aliphatic rings. The Balaban J connectivity index is 2.16. The smallest absolute Gasteiger partial charge is 0.161 e. The van der Waals surface area contributed by atoms with Crippen molar-refractivity contribution >= 4 is 5.78 Å². The van der Waals surface area contributed by atoms with Crippen LogP contribution >= 0.6 is 0 Å². The second kappa shape index (κ2) is 5.89. The average molecular weight is 248 g/mol. The SMILES string of the molecule is CCOc1ccc(C2CCC(=O)CC2)cc1OC. The van der Waals surface area contributed by atoms with Crippen LogP contribution in [0, 0.1) is 0 Å². The second-order valence-electron chi connectivity index (χ2n) is 4.66. The fraction of sp³-hybridized carbons (Fsp3) is 0.533. The second-order valence-corrected chi connectivity index (χ2v) is 4.66. The number of benzene rings is 1. The molecular weight excluding hydrogens is 228 g/mol. The number of ketones is 1. The summed E-state index contributed by atoms with van der Waals surface area (Å²) in [5.74, 6) is 2.44. The monoisotopic (exact) mass is 248 g/mol. The van der Waals surface area contributed by atoms with E-state index in [1.54, 1.807) is 7.11 Å². The van der Waals surface area contributed by atoms with E-state index in [4.69, 9.17) is 9.47 Å². The van der Waals surface area contributed by atoms with Crippen LogP contribution in [0.1, 0.15) is 44.1 Å². The Labute approximate surface area is 108 Å². The van der Waals surface area contributed by atoms with Gasteiger partial charge >= 0.3 is 0 Å². The van der Waals surface area contributed by atoms with E-state index in [1.807, 2.05) is 19.1 Å². The third kappa shape index (κ3) is 2.84. The molecule has 0 atom stereocenters. The van der Waals surface area contributed by atoms with Crippen molar-refractivity contribution in [3.05, 3.63) is 23.8 Å². The molecule has 1 aliphatic carbocycles. The number of hydrogen-bond donors (Lipinski definition) is 0. The van der Waals surface area contributed by atoms with Gasteiger partial charge in [0.2, 0.25) is 0 Å². The maximum Gasteiger partial charge on any atom is 0.161 e. The number of ether oxygens (including phenoxy) is 2. The molecule has 18 heavy (non-hydrogen) atoms. The largest absolute Gasteiger partial charge is 0.493 e. The topological polar surface area (TPSA) is 35.5 Å². The number of rotatable bonds is 4. The Hall–Kier alpha value is -1.51. The van der Waals surface area contributed by atoms with Gasteiger partial charge in [-0.3, -0.25) is 4.79 Å². The summed E-state index contributed by atoms with van der Waals surface area (Å²) < 4.78 is 10.9. The summed E-state index contributed by atoms with van der Waals surface area (Å²) in [7, 11) is 1.66. The molecule has 1 saturated carbocycles. The lowest BCUT2D eigenvalue weighted by Gasteiger charge is -2.22. The summed E-state index contributed by atoms with van der Waals surface area (Å²) in [5.41, 5.74) is 1.25. The minimum absolute atomic E-state index is 0.393. The Kier molecular flexibility index (Phi) is 4.24. The van der Waals surface area contributed by atoms with Crippen LogP contribution < -0.4 is 9.47 Å². The highest BCUT2D eigenvalue weighted by Gasteiger charge is 2.21. The molecule has 0 aromatic heterocycles. The predicted octanol–water partition coefficient (Wildman–Crippen LogP) is 3.32. The molecule has 0 amide bonds. The first-order valence-electron chi connectivity index (χ1n) is 6.57. The summed E-state index contributed by atoms with van der Waals surface area (Å²) in [5, 5.41) is 0. The highest BCUT2D eigenvalue weighted by molar-refractivity contribution is 5.79. The van der Waals surface area contributed by atoms with Gasteiger partial charge in [0.25, 0.3) is 0 Å². The van der Waals surface area contributed by atoms with Crippen LogP contribution in [-0.4, -0.2) is 19.5 Å². The van der Waals surface area contributed by atoms with E-state index in [-0.39, 0.29) is 0 Å². The zero-order valence-electron chi connectivity index (χ0n) is 11.1. The molecule has 0 N–H and O–H groups in total. The molecule has 1 aromatic carbocycles. The molecule has 0 heterocycles. The molecule has 0 aliphatic heterocycles. The normalized spacial score (nSPS) is 16.7. The highest BCUT2D eigenvalue weighted by atomic mass is 16.5. The third-order valence-electron chi connectivity index (χ3n) is 3.50. The molecule has 1 fully saturated rings. The molecule has 0 saturated heterocycles. The van der Waals surface area contributed by atoms with Crippen LogP contribution in [0.3, 0.4) is 0 Å². The summed E-state index contributed by atoms with van der Waals surface area (Å²) in [4.78, 5) is 11.3. The van der Waals surface area contributed by atoms with E-state index in [9.17, 15) is 4.79 Å². The first-order chi connectivity index (χ1) is 8.74. The van der Waals surface area contributed by atoms with Crippen LogP contribution in [-0.2, 0) is 4.79 Å². The molecule has 0 bridgehead atoms. The first kappa shape index (κ1) is 12.9. The van der Waals surface area contributed by atoms with Gasteiger partial charge in [-0.1, -0.05) is 6.07 Å². The molecular formula is C15H20O3. The van der Waals surface area contributed by atoms with E-state index < -0.39 is 0 Å². The maximum absolute atomic E-state index is 11.3. The van der Waals surface area contributed by atoms with Gasteiger partial charge in [0.15, 0.2) is 11.5 Å². The van der Waals surface area contributed by atoms with Gasteiger partial charge in [-0.2, -0.15) is 0 Å². The van der Waals surface area contributed by atoms with Crippen LogP contribution in [0.4, 0.5) is 0 Å². The third-order valence-corrected chi connectivity index (χ3v) is 3.50. The summed E-state index contributed by atoms with van der Waals surface area (Å²) in [6.07, 6.45) is 3.33. The standard InChI is InChI=1S/C15H20O3/c1-3-18-14-9-6-12(10-15(14)17-2)11-4-7-13(16)8-5-11/h6,9-11H,3-5,7-8H2,1-2H3. The van der Waals surface area contributed by atoms with Crippen molar-refractivity contribution in [2.45, 2.75) is 38.5 Å². The van der Waals surface area contributed by atoms with Gasteiger partial charge in [0.05, 0.1) is 13.7 Å². The van der Waals surface area contributed by atoms with Gasteiger partial charge in [-0.05, 0) is 43.4 Å². The predicted molar refractivity (Wildman–Crippen MR) is 70.4 cm³/mol. The lowest BCUT2D eigenvalue weighted by molar-refractivity contribution is -0.120. The van der Waals surface area contributed by atoms with Crippen molar-refractivity contribution in [1.82, 2.24) is 0 Å². The summed E-state index contributed by atoms with van der Waals surface area (Å²) in [6, 6.07) is 6.10. The van der Waals surface area contributed by atoms with Gasteiger partial charge in [-0.15, -0.1) is 0 Å². The molecule has 1 aromatic rings. The molecule has 2 rings (SSSR count). The highest BCUT2D eigenvalue weighted by Crippen LogP contribution is 2.36. The van der Waals surface area contributed by atoms with Crippen LogP contribution in [0.2, 0.25) is 0 Å². The van der Waals surface area contributed by atoms with E-state index in [0.29, 0.717) is 31.1 Å². The summed E-state index contributed by atoms with van der Waals surface area (Å²) >= 11 is 0. The number of Topliss-reactive ketones (excluding diaryl/α,β-unsaturated/α-hetero) is 1. The van der Waals surface area contributed by atoms with Gasteiger partial charge in [-0.25, -0.2) is 0 Å². The molecule has 3 nitrogen and oxygen atoms in total. The number of carbonyl (C=O) groups is 1. The molecule has 3 heteroatoms. The van der Waals surface area contributed by atoms with Crippen molar-refractivity contribution < 1.29 is 14.3 Å². The zero-order chi connectivity index (χ0) is 13.0.